The molecule has 62 valence electrons. The van der Waals surface area contributed by atoms with Crippen molar-refractivity contribution in [2.45, 2.75) is 12.8 Å². The second-order valence-corrected chi connectivity index (χ2v) is 1.77. The maximum Gasteiger partial charge on any atom is 1.00 e. The molecule has 0 aliphatic carbocycles. The second kappa shape index (κ2) is 7.68. The van der Waals surface area contributed by atoms with Gasteiger partial charge in [0.25, 0.3) is 0 Å². The molecular weight excluding hydrogens is 193 g/mol. The van der Waals surface area contributed by atoms with Crippen LogP contribution < -0.4 is 51.4 Å². The molecule has 0 aromatic heterocycles. The molecule has 0 unspecified atom stereocenters. The van der Waals surface area contributed by atoms with Gasteiger partial charge in [-0.3, -0.25) is 14.9 Å². The zero-order valence-corrected chi connectivity index (χ0v) is 9.64. The van der Waals surface area contributed by atoms with Crippen molar-refractivity contribution < 1.29 is 71.0 Å². The van der Waals surface area contributed by atoms with Crippen LogP contribution in [0.25, 0.3) is 0 Å². The first-order valence-corrected chi connectivity index (χ1v) is 2.75. The number of carboxylic acids is 1. The number of hydrogen-bond acceptors (Lipinski definition) is 4. The molecule has 7 heteroatoms. The maximum absolute atomic E-state index is 10.4. The van der Waals surface area contributed by atoms with E-state index in [-0.39, 0.29) is 70.8 Å². The minimum atomic E-state index is -1.14. The predicted molar refractivity (Wildman–Crippen MR) is 33.2 cm³/mol. The average Bonchev–Trinajstić information content (AvgIpc) is 1.82. The van der Waals surface area contributed by atoms with Crippen LogP contribution in [0.4, 0.5) is 0 Å². The Kier molecular flexibility index (Phi) is 9.32. The summed E-state index contributed by atoms with van der Waals surface area (Å²) in [5, 5.41) is 17.7. The van der Waals surface area contributed by atoms with Crippen molar-refractivity contribution in [1.29, 1.82) is 0 Å². The molecule has 0 radical (unpaired) electrons. The first kappa shape index (κ1) is 14.6. The summed E-state index contributed by atoms with van der Waals surface area (Å²) in [6.07, 6.45) is -0.695. The fourth-order valence-corrected chi connectivity index (χ4v) is 0.412. The van der Waals surface area contributed by atoms with Gasteiger partial charge in [-0.1, -0.05) is 0 Å². The fraction of sp³-hybridized carbons (Fsp3) is 0.400. The molecule has 0 fully saturated rings. The monoisotopic (exact) mass is 199 g/mol. The fourth-order valence-electron chi connectivity index (χ4n) is 0.412. The van der Waals surface area contributed by atoms with E-state index in [9.17, 15) is 19.7 Å². The summed E-state index contributed by atoms with van der Waals surface area (Å²) in [6, 6.07) is 0. The van der Waals surface area contributed by atoms with E-state index < -0.39 is 16.7 Å². The van der Waals surface area contributed by atoms with Gasteiger partial charge in [0, 0.05) is 13.0 Å². The molecule has 0 aromatic rings. The maximum atomic E-state index is 10.4. The molecule has 0 aromatic carbocycles. The summed E-state index contributed by atoms with van der Waals surface area (Å²) in [5.41, 5.74) is 0. The number of carboxylic acid groups (broad SMARTS) is 1. The summed E-state index contributed by atoms with van der Waals surface area (Å²) in [4.78, 5) is 29.0. The molecule has 0 spiro atoms. The molecular formula is C5H6KNO5. The molecule has 0 atom stereocenters. The molecule has 12 heavy (non-hydrogen) atoms. The van der Waals surface area contributed by atoms with Crippen LogP contribution in [0.15, 0.2) is 0 Å². The first-order chi connectivity index (χ1) is 5.02. The van der Waals surface area contributed by atoms with Gasteiger partial charge in [0.2, 0.25) is 0 Å². The van der Waals surface area contributed by atoms with Crippen LogP contribution in [-0.4, -0.2) is 21.8 Å². The summed E-state index contributed by atoms with van der Waals surface area (Å²) in [5.74, 6) is -1.92. The van der Waals surface area contributed by atoms with E-state index in [4.69, 9.17) is 5.11 Å². The zero-order chi connectivity index (χ0) is 8.85. The SMILES string of the molecule is O=C(O)CCC(=O)[CH-][N+](=O)[O-].[K+]. The number of carbonyl (C=O) groups excluding carboxylic acids is 1. The topological polar surface area (TPSA) is 97.5 Å². The van der Waals surface area contributed by atoms with Gasteiger partial charge in [-0.25, -0.2) is 0 Å². The van der Waals surface area contributed by atoms with E-state index in [1.807, 2.05) is 0 Å². The average molecular weight is 199 g/mol. The molecule has 0 amide bonds. The number of nitrogens with zero attached hydrogens (tertiary/aromatic N) is 1. The Morgan fingerprint density at radius 3 is 2.25 bits per heavy atom. The van der Waals surface area contributed by atoms with Crippen molar-refractivity contribution in [3.63, 3.8) is 0 Å². The Labute approximate surface area is 111 Å². The van der Waals surface area contributed by atoms with E-state index in [0.717, 1.165) is 0 Å². The molecule has 0 bridgehead atoms. The Morgan fingerprint density at radius 1 is 1.42 bits per heavy atom. The van der Waals surface area contributed by atoms with Gasteiger partial charge >= 0.3 is 57.4 Å². The third-order valence-corrected chi connectivity index (χ3v) is 0.835. The number of hydrogen-bond donors (Lipinski definition) is 1. The van der Waals surface area contributed by atoms with Crippen LogP contribution in [0.1, 0.15) is 12.8 Å². The summed E-state index contributed by atoms with van der Waals surface area (Å²) in [6.45, 7) is 0.267. The standard InChI is InChI=1S/C5H6NO5.K/c7-4(3-6(10)11)1-2-5(8)9;/h3H,1-2H2,(H,8,9);/q-1;+1. The van der Waals surface area contributed by atoms with E-state index in [0.29, 0.717) is 0 Å². The normalized spacial score (nSPS) is 8.00. The third kappa shape index (κ3) is 10.0. The van der Waals surface area contributed by atoms with Gasteiger partial charge < -0.3 is 9.90 Å². The van der Waals surface area contributed by atoms with Gasteiger partial charge in [0.1, 0.15) is 0 Å². The Bertz CT molecular complexity index is 192. The van der Waals surface area contributed by atoms with Crippen LogP contribution in [-0.2, 0) is 9.59 Å². The van der Waals surface area contributed by atoms with Gasteiger partial charge in [0.05, 0.1) is 5.78 Å². The zero-order valence-electron chi connectivity index (χ0n) is 6.52. The van der Waals surface area contributed by atoms with Crippen molar-refractivity contribution >= 4 is 11.8 Å². The Balaban J connectivity index is 0. The molecule has 0 heterocycles. The van der Waals surface area contributed by atoms with Gasteiger partial charge in [-0.2, -0.15) is 0 Å². The van der Waals surface area contributed by atoms with Crippen LogP contribution in [0, 0.1) is 16.7 Å². The van der Waals surface area contributed by atoms with Crippen LogP contribution in [0.3, 0.4) is 0 Å². The number of Topliss-reactive ketones (excluding diaryl/α,β-unsaturated/α-hetero) is 1. The first-order valence-electron chi connectivity index (χ1n) is 2.75. The minimum Gasteiger partial charge on any atom is -0.481 e. The summed E-state index contributed by atoms with van der Waals surface area (Å²) < 4.78 is 0. The van der Waals surface area contributed by atoms with Crippen molar-refractivity contribution in [2.24, 2.45) is 0 Å². The number of rotatable bonds is 5. The largest absolute Gasteiger partial charge is 1.00 e. The smallest absolute Gasteiger partial charge is 0.481 e. The molecule has 0 rings (SSSR count). The van der Waals surface area contributed by atoms with E-state index in [2.05, 4.69) is 0 Å². The molecule has 0 aliphatic heterocycles. The van der Waals surface area contributed by atoms with Gasteiger partial charge in [0.15, 0.2) is 0 Å². The van der Waals surface area contributed by atoms with Crippen molar-refractivity contribution in [2.75, 3.05) is 0 Å². The Hall–Kier alpha value is 0.0464. The Morgan fingerprint density at radius 2 is 1.92 bits per heavy atom. The van der Waals surface area contributed by atoms with E-state index >= 15 is 0 Å². The van der Waals surface area contributed by atoms with Crippen LogP contribution in [0.2, 0.25) is 0 Å². The van der Waals surface area contributed by atoms with Crippen molar-refractivity contribution in [3.8, 4) is 0 Å². The van der Waals surface area contributed by atoms with Crippen LogP contribution in [0.5, 0.6) is 0 Å². The second-order valence-electron chi connectivity index (χ2n) is 1.77. The molecule has 0 saturated heterocycles. The molecule has 1 N–H and O–H groups in total. The summed E-state index contributed by atoms with van der Waals surface area (Å²) in [7, 11) is 0. The predicted octanol–water partition coefficient (Wildman–Crippen LogP) is -3.14. The minimum absolute atomic E-state index is 0. The quantitative estimate of drug-likeness (QED) is 0.218. The van der Waals surface area contributed by atoms with Crippen molar-refractivity contribution in [1.82, 2.24) is 0 Å². The molecule has 6 nitrogen and oxygen atoms in total. The van der Waals surface area contributed by atoms with Gasteiger partial charge in [-0.05, 0) is 6.42 Å². The number of aliphatic carboxylic acids is 1. The molecule has 0 saturated carbocycles. The number of nitro groups is 1. The van der Waals surface area contributed by atoms with E-state index in [1.54, 1.807) is 0 Å². The van der Waals surface area contributed by atoms with Crippen molar-refractivity contribution in [3.05, 3.63) is 16.7 Å². The number of carbonyl (C=O) groups is 2. The summed E-state index contributed by atoms with van der Waals surface area (Å²) >= 11 is 0. The van der Waals surface area contributed by atoms with Crippen LogP contribution >= 0.6 is 0 Å². The molecule has 0 aliphatic rings. The van der Waals surface area contributed by atoms with E-state index in [1.165, 1.54) is 0 Å². The third-order valence-electron chi connectivity index (χ3n) is 0.835. The number of ketones is 1. The van der Waals surface area contributed by atoms with Gasteiger partial charge in [-0.15, -0.1) is 4.92 Å².